The van der Waals surface area contributed by atoms with Gasteiger partial charge in [-0.2, -0.15) is 9.40 Å². The summed E-state index contributed by atoms with van der Waals surface area (Å²) in [7, 11) is -3.88. The summed E-state index contributed by atoms with van der Waals surface area (Å²) in [6, 6.07) is 0. The summed E-state index contributed by atoms with van der Waals surface area (Å²) in [5.74, 6) is -1.37. The molecule has 1 saturated heterocycles. The van der Waals surface area contributed by atoms with Crippen molar-refractivity contribution in [3.63, 3.8) is 0 Å². The number of carbonyl (C=O) groups is 1. The van der Waals surface area contributed by atoms with Crippen LogP contribution in [0.25, 0.3) is 0 Å². The van der Waals surface area contributed by atoms with E-state index in [1.54, 1.807) is 6.92 Å². The predicted octanol–water partition coefficient (Wildman–Crippen LogP) is -0.174. The highest BCUT2D eigenvalue weighted by Crippen LogP contribution is 2.23. The second-order valence-electron chi connectivity index (χ2n) is 4.38. The Morgan fingerprint density at radius 3 is 2.84 bits per heavy atom. The van der Waals surface area contributed by atoms with E-state index in [9.17, 15) is 13.2 Å². The Kier molecular flexibility index (Phi) is 3.61. The Balaban J connectivity index is 2.45. The van der Waals surface area contributed by atoms with Crippen LogP contribution in [0.1, 0.15) is 23.1 Å². The number of carboxylic acid groups (broad SMARTS) is 1. The number of carboxylic acids is 1. The second-order valence-corrected chi connectivity index (χ2v) is 6.25. The summed E-state index contributed by atoms with van der Waals surface area (Å²) in [6.45, 7) is 3.94. The molecule has 1 unspecified atom stereocenters. The summed E-state index contributed by atoms with van der Waals surface area (Å²) in [5.41, 5.74) is -0.256. The molecule has 106 valence electrons. The maximum absolute atomic E-state index is 12.5. The quantitative estimate of drug-likeness (QED) is 0.798. The van der Waals surface area contributed by atoms with Gasteiger partial charge in [0.25, 0.3) is 0 Å². The molecule has 0 aromatic carbocycles. The molecule has 0 spiro atoms. The fraction of sp³-hybridized carbons (Fsp3) is 0.600. The number of rotatable bonds is 3. The van der Waals surface area contributed by atoms with Gasteiger partial charge in [0.05, 0.1) is 18.4 Å². The van der Waals surface area contributed by atoms with Crippen LogP contribution in [-0.4, -0.2) is 59.8 Å². The summed E-state index contributed by atoms with van der Waals surface area (Å²) in [4.78, 5) is 10.8. The van der Waals surface area contributed by atoms with E-state index < -0.39 is 21.7 Å². The molecular formula is C10H15N3O5S. The van der Waals surface area contributed by atoms with Crippen LogP contribution in [0.2, 0.25) is 0 Å². The lowest BCUT2D eigenvalue weighted by atomic mass is 10.3. The number of aromatic amines is 1. The first-order valence-electron chi connectivity index (χ1n) is 5.74. The minimum atomic E-state index is -3.88. The lowest BCUT2D eigenvalue weighted by molar-refractivity contribution is 0.0101. The van der Waals surface area contributed by atoms with E-state index in [0.29, 0.717) is 6.61 Å². The molecule has 0 saturated carbocycles. The van der Waals surface area contributed by atoms with E-state index in [4.69, 9.17) is 9.84 Å². The number of sulfonamides is 1. The third-order valence-electron chi connectivity index (χ3n) is 2.90. The SMILES string of the molecule is Cc1[nH]nc(C(=O)O)c1S(=O)(=O)N1CCOC(C)C1. The summed E-state index contributed by atoms with van der Waals surface area (Å²) < 4.78 is 31.5. The summed E-state index contributed by atoms with van der Waals surface area (Å²) >= 11 is 0. The monoisotopic (exact) mass is 289 g/mol. The van der Waals surface area contributed by atoms with Crippen LogP contribution in [0.4, 0.5) is 0 Å². The zero-order valence-corrected chi connectivity index (χ0v) is 11.4. The molecule has 2 N–H and O–H groups in total. The second kappa shape index (κ2) is 4.91. The molecule has 19 heavy (non-hydrogen) atoms. The topological polar surface area (TPSA) is 113 Å². The molecule has 8 nitrogen and oxygen atoms in total. The van der Waals surface area contributed by atoms with Crippen molar-refractivity contribution in [1.29, 1.82) is 0 Å². The maximum Gasteiger partial charge on any atom is 0.357 e. The van der Waals surface area contributed by atoms with Crippen LogP contribution in [-0.2, 0) is 14.8 Å². The van der Waals surface area contributed by atoms with Crippen LogP contribution in [0.15, 0.2) is 4.90 Å². The lowest BCUT2D eigenvalue weighted by Crippen LogP contribution is -2.44. The van der Waals surface area contributed by atoms with Crippen LogP contribution in [0.5, 0.6) is 0 Å². The zero-order chi connectivity index (χ0) is 14.2. The first-order valence-corrected chi connectivity index (χ1v) is 7.18. The van der Waals surface area contributed by atoms with Gasteiger partial charge >= 0.3 is 5.97 Å². The average molecular weight is 289 g/mol. The van der Waals surface area contributed by atoms with Gasteiger partial charge in [-0.3, -0.25) is 5.10 Å². The van der Waals surface area contributed by atoms with Crippen LogP contribution < -0.4 is 0 Å². The average Bonchev–Trinajstić information content (AvgIpc) is 2.72. The molecular weight excluding hydrogens is 274 g/mol. The molecule has 1 atom stereocenters. The molecule has 1 fully saturated rings. The van der Waals surface area contributed by atoms with E-state index in [0.717, 1.165) is 0 Å². The third kappa shape index (κ3) is 2.48. The highest BCUT2D eigenvalue weighted by atomic mass is 32.2. The van der Waals surface area contributed by atoms with Gasteiger partial charge in [-0.25, -0.2) is 13.2 Å². The number of nitrogens with one attached hydrogen (secondary N) is 1. The van der Waals surface area contributed by atoms with Crippen molar-refractivity contribution in [2.75, 3.05) is 19.7 Å². The minimum Gasteiger partial charge on any atom is -0.476 e. The van der Waals surface area contributed by atoms with Crippen molar-refractivity contribution in [3.05, 3.63) is 11.4 Å². The highest BCUT2D eigenvalue weighted by Gasteiger charge is 2.35. The van der Waals surface area contributed by atoms with Crippen molar-refractivity contribution in [3.8, 4) is 0 Å². The lowest BCUT2D eigenvalue weighted by Gasteiger charge is -2.30. The largest absolute Gasteiger partial charge is 0.476 e. The molecule has 0 amide bonds. The number of aromatic nitrogens is 2. The van der Waals surface area contributed by atoms with E-state index in [2.05, 4.69) is 10.2 Å². The van der Waals surface area contributed by atoms with Crippen LogP contribution in [0, 0.1) is 6.92 Å². The maximum atomic E-state index is 12.5. The van der Waals surface area contributed by atoms with E-state index in [1.807, 2.05) is 0 Å². The van der Waals surface area contributed by atoms with E-state index >= 15 is 0 Å². The van der Waals surface area contributed by atoms with Gasteiger partial charge in [0.1, 0.15) is 4.90 Å². The molecule has 1 aliphatic heterocycles. The molecule has 1 aromatic heterocycles. The van der Waals surface area contributed by atoms with Gasteiger partial charge in [-0.1, -0.05) is 0 Å². The molecule has 2 heterocycles. The predicted molar refractivity (Wildman–Crippen MR) is 64.5 cm³/mol. The Hall–Kier alpha value is -1.45. The Bertz CT molecular complexity index is 594. The van der Waals surface area contributed by atoms with Crippen molar-refractivity contribution < 1.29 is 23.1 Å². The van der Waals surface area contributed by atoms with E-state index in [1.165, 1.54) is 11.2 Å². The number of hydrogen-bond donors (Lipinski definition) is 2. The fourth-order valence-corrected chi connectivity index (χ4v) is 3.80. The van der Waals surface area contributed by atoms with E-state index in [-0.39, 0.29) is 29.8 Å². The summed E-state index contributed by atoms with van der Waals surface area (Å²) in [5, 5.41) is 14.9. The number of hydrogen-bond acceptors (Lipinski definition) is 5. The molecule has 1 aromatic rings. The van der Waals surface area contributed by atoms with Gasteiger partial charge in [-0.15, -0.1) is 0 Å². The normalized spacial score (nSPS) is 21.5. The van der Waals surface area contributed by atoms with Gasteiger partial charge in [0, 0.05) is 13.1 Å². The van der Waals surface area contributed by atoms with Crippen molar-refractivity contribution in [2.24, 2.45) is 0 Å². The van der Waals surface area contributed by atoms with Gasteiger partial charge in [-0.05, 0) is 13.8 Å². The van der Waals surface area contributed by atoms with Crippen LogP contribution in [0.3, 0.4) is 0 Å². The Morgan fingerprint density at radius 2 is 2.26 bits per heavy atom. The van der Waals surface area contributed by atoms with Crippen LogP contribution >= 0.6 is 0 Å². The summed E-state index contributed by atoms with van der Waals surface area (Å²) in [6.07, 6.45) is -0.219. The molecule has 2 rings (SSSR count). The first-order chi connectivity index (χ1) is 8.84. The highest BCUT2D eigenvalue weighted by molar-refractivity contribution is 7.89. The van der Waals surface area contributed by atoms with Crippen molar-refractivity contribution in [1.82, 2.24) is 14.5 Å². The first kappa shape index (κ1) is 14.0. The fourth-order valence-electron chi connectivity index (χ4n) is 2.01. The Labute approximate surface area is 110 Å². The number of ether oxygens (including phenoxy) is 1. The molecule has 0 bridgehead atoms. The minimum absolute atomic E-state index is 0.200. The zero-order valence-electron chi connectivity index (χ0n) is 10.6. The number of nitrogens with zero attached hydrogens (tertiary/aromatic N) is 2. The van der Waals surface area contributed by atoms with Gasteiger partial charge in [0.15, 0.2) is 5.69 Å². The van der Waals surface area contributed by atoms with Gasteiger partial charge in [0.2, 0.25) is 10.0 Å². The standard InChI is InChI=1S/C10H15N3O5S/c1-6-5-13(3-4-18-6)19(16,17)9-7(2)11-12-8(9)10(14)15/h6H,3-5H2,1-2H3,(H,11,12)(H,14,15). The van der Waals surface area contributed by atoms with Crippen molar-refractivity contribution >= 4 is 16.0 Å². The van der Waals surface area contributed by atoms with Gasteiger partial charge < -0.3 is 9.84 Å². The smallest absolute Gasteiger partial charge is 0.357 e. The number of aromatic carboxylic acids is 1. The molecule has 1 aliphatic rings. The number of aryl methyl sites for hydroxylation is 1. The van der Waals surface area contributed by atoms with Crippen molar-refractivity contribution in [2.45, 2.75) is 24.8 Å². The molecule has 0 radical (unpaired) electrons. The number of H-pyrrole nitrogens is 1. The number of morpholine rings is 1. The Morgan fingerprint density at radius 1 is 1.58 bits per heavy atom. The molecule has 9 heteroatoms. The molecule has 0 aliphatic carbocycles. The third-order valence-corrected chi connectivity index (χ3v) is 4.92.